The number of amides is 1. The second-order valence-electron chi connectivity index (χ2n) is 8.08. The highest BCUT2D eigenvalue weighted by molar-refractivity contribution is 7.11. The topological polar surface area (TPSA) is 72.6 Å². The molecule has 0 fully saturated rings. The zero-order valence-electron chi connectivity index (χ0n) is 19.6. The molecule has 4 aromatic rings. The molecule has 4 rings (SSSR count). The van der Waals surface area contributed by atoms with E-state index in [0.29, 0.717) is 29.1 Å². The number of thiophene rings is 1. The van der Waals surface area contributed by atoms with E-state index in [0.717, 1.165) is 21.6 Å². The molecule has 1 heterocycles. The smallest absolute Gasteiger partial charge is 0.337 e. The van der Waals surface area contributed by atoms with Crippen molar-refractivity contribution in [3.05, 3.63) is 117 Å². The van der Waals surface area contributed by atoms with Gasteiger partial charge in [-0.15, -0.1) is 11.3 Å². The highest BCUT2D eigenvalue weighted by Gasteiger charge is 2.24. The lowest BCUT2D eigenvalue weighted by atomic mass is 10.0. The number of esters is 1. The van der Waals surface area contributed by atoms with Crippen LogP contribution in [0.2, 0.25) is 0 Å². The number of nitrogen functional groups attached to an aromatic ring is 1. The van der Waals surface area contributed by atoms with Gasteiger partial charge in [-0.25, -0.2) is 4.79 Å². The number of carbonyl (C=O) groups excluding carboxylic acids is 2. The van der Waals surface area contributed by atoms with Crippen molar-refractivity contribution >= 4 is 46.2 Å². The number of para-hydroxylation sites is 2. The molecule has 6 heteroatoms. The van der Waals surface area contributed by atoms with Gasteiger partial charge in [0.2, 0.25) is 0 Å². The first-order valence-corrected chi connectivity index (χ1v) is 12.0. The van der Waals surface area contributed by atoms with Crippen LogP contribution >= 0.6 is 11.3 Å². The van der Waals surface area contributed by atoms with E-state index in [2.05, 4.69) is 0 Å². The number of ether oxygens (including phenoxy) is 1. The van der Waals surface area contributed by atoms with Crippen LogP contribution in [0, 0.1) is 6.92 Å². The van der Waals surface area contributed by atoms with Crippen LogP contribution in [0.5, 0.6) is 0 Å². The minimum atomic E-state index is -0.404. The van der Waals surface area contributed by atoms with Crippen LogP contribution in [0.15, 0.2) is 90.3 Å². The number of aryl methyl sites for hydroxylation is 1. The maximum atomic E-state index is 14.1. The molecule has 0 aliphatic carbocycles. The Labute approximate surface area is 209 Å². The Morgan fingerprint density at radius 3 is 2.29 bits per heavy atom. The summed E-state index contributed by atoms with van der Waals surface area (Å²) in [5.41, 5.74) is 11.4. The van der Waals surface area contributed by atoms with Crippen molar-refractivity contribution in [1.29, 1.82) is 0 Å². The maximum Gasteiger partial charge on any atom is 0.337 e. The van der Waals surface area contributed by atoms with Gasteiger partial charge in [-0.05, 0) is 59.8 Å². The molecule has 1 aromatic heterocycles. The number of benzene rings is 3. The lowest BCUT2D eigenvalue weighted by molar-refractivity contribution is -0.113. The summed E-state index contributed by atoms with van der Waals surface area (Å²) in [6.07, 6.45) is 1.84. The molecule has 0 radical (unpaired) electrons. The van der Waals surface area contributed by atoms with Crippen molar-refractivity contribution in [3.63, 3.8) is 0 Å². The van der Waals surface area contributed by atoms with Gasteiger partial charge in [0.25, 0.3) is 5.91 Å². The largest absolute Gasteiger partial charge is 0.465 e. The zero-order valence-corrected chi connectivity index (χ0v) is 20.4. The van der Waals surface area contributed by atoms with Crippen molar-refractivity contribution < 1.29 is 14.3 Å². The molecule has 0 spiro atoms. The number of rotatable bonds is 7. The fourth-order valence-corrected chi connectivity index (χ4v) is 4.43. The summed E-state index contributed by atoms with van der Waals surface area (Å²) in [6.45, 7) is 2.41. The van der Waals surface area contributed by atoms with Crippen LogP contribution < -0.4 is 10.6 Å². The normalized spacial score (nSPS) is 11.2. The van der Waals surface area contributed by atoms with Crippen molar-refractivity contribution in [1.82, 2.24) is 0 Å². The Bertz CT molecular complexity index is 1340. The van der Waals surface area contributed by atoms with E-state index in [-0.39, 0.29) is 5.91 Å². The van der Waals surface area contributed by atoms with Gasteiger partial charge < -0.3 is 15.4 Å². The Kier molecular flexibility index (Phi) is 7.43. The van der Waals surface area contributed by atoms with Crippen molar-refractivity contribution in [2.24, 2.45) is 0 Å². The molecule has 0 bridgehead atoms. The summed E-state index contributed by atoms with van der Waals surface area (Å²) in [5, 5.41) is 1.94. The third kappa shape index (κ3) is 5.67. The van der Waals surface area contributed by atoms with Crippen molar-refractivity contribution in [2.45, 2.75) is 13.5 Å². The summed E-state index contributed by atoms with van der Waals surface area (Å²) < 4.78 is 4.78. The first-order chi connectivity index (χ1) is 17.0. The minimum Gasteiger partial charge on any atom is -0.465 e. The predicted molar refractivity (Wildman–Crippen MR) is 143 cm³/mol. The van der Waals surface area contributed by atoms with Gasteiger partial charge in [-0.2, -0.15) is 0 Å². The lowest BCUT2D eigenvalue weighted by Crippen LogP contribution is -2.31. The van der Waals surface area contributed by atoms with Crippen LogP contribution in [0.3, 0.4) is 0 Å². The van der Waals surface area contributed by atoms with Crippen LogP contribution in [-0.4, -0.2) is 19.0 Å². The highest BCUT2D eigenvalue weighted by atomic mass is 32.1. The Hall–Kier alpha value is -4.16. The summed E-state index contributed by atoms with van der Waals surface area (Å²) in [4.78, 5) is 28.5. The molecular weight excluding hydrogens is 456 g/mol. The minimum absolute atomic E-state index is 0.164. The molecule has 0 saturated heterocycles. The first-order valence-electron chi connectivity index (χ1n) is 11.1. The molecule has 2 N–H and O–H groups in total. The quantitative estimate of drug-likeness (QED) is 0.193. The van der Waals surface area contributed by atoms with Gasteiger partial charge >= 0.3 is 5.97 Å². The van der Waals surface area contributed by atoms with E-state index in [9.17, 15) is 9.59 Å². The zero-order chi connectivity index (χ0) is 24.8. The maximum absolute atomic E-state index is 14.1. The van der Waals surface area contributed by atoms with Crippen molar-refractivity contribution in [2.75, 3.05) is 17.7 Å². The summed E-state index contributed by atoms with van der Waals surface area (Å²) in [5.74, 6) is -0.568. The predicted octanol–water partition coefficient (Wildman–Crippen LogP) is 6.20. The molecule has 5 nitrogen and oxygen atoms in total. The van der Waals surface area contributed by atoms with Gasteiger partial charge in [0, 0.05) is 4.88 Å². The second-order valence-corrected chi connectivity index (χ2v) is 9.03. The fourth-order valence-electron chi connectivity index (χ4n) is 3.69. The molecular formula is C29H26N2O3S. The third-order valence-electron chi connectivity index (χ3n) is 5.59. The standard InChI is InChI=1S/C29H26N2O3S/c1-20-9-11-22(12-10-20)19-31(26-7-4-3-6-25(26)30)28(32)24(27-8-5-17-35-27)18-21-13-15-23(16-14-21)29(33)34-2/h3-18H,19,30H2,1-2H3. The van der Waals surface area contributed by atoms with E-state index < -0.39 is 5.97 Å². The van der Waals surface area contributed by atoms with Gasteiger partial charge in [0.1, 0.15) is 0 Å². The monoisotopic (exact) mass is 482 g/mol. The summed E-state index contributed by atoms with van der Waals surface area (Å²) in [7, 11) is 1.35. The van der Waals surface area contributed by atoms with Crippen LogP contribution in [0.25, 0.3) is 11.6 Å². The van der Waals surface area contributed by atoms with E-state index in [1.807, 2.05) is 73.0 Å². The molecule has 176 valence electrons. The molecule has 0 atom stereocenters. The highest BCUT2D eigenvalue weighted by Crippen LogP contribution is 2.31. The Morgan fingerprint density at radius 1 is 0.943 bits per heavy atom. The molecule has 0 aliphatic heterocycles. The van der Waals surface area contributed by atoms with Crippen LogP contribution in [0.1, 0.15) is 31.9 Å². The molecule has 0 aliphatic rings. The van der Waals surface area contributed by atoms with Crippen LogP contribution in [-0.2, 0) is 16.1 Å². The first kappa shape index (κ1) is 24.0. The number of nitrogens with two attached hydrogens (primary N) is 1. The number of methoxy groups -OCH3 is 1. The second kappa shape index (κ2) is 10.8. The lowest BCUT2D eigenvalue weighted by Gasteiger charge is -2.25. The van der Waals surface area contributed by atoms with E-state index in [1.54, 1.807) is 35.2 Å². The number of hydrogen-bond donors (Lipinski definition) is 1. The third-order valence-corrected chi connectivity index (χ3v) is 6.50. The van der Waals surface area contributed by atoms with E-state index >= 15 is 0 Å². The fraction of sp³-hybridized carbons (Fsp3) is 0.103. The number of hydrogen-bond acceptors (Lipinski definition) is 5. The average Bonchev–Trinajstić information content (AvgIpc) is 3.42. The average molecular weight is 483 g/mol. The van der Waals surface area contributed by atoms with E-state index in [1.165, 1.54) is 18.4 Å². The van der Waals surface area contributed by atoms with Crippen LogP contribution in [0.4, 0.5) is 11.4 Å². The Balaban J connectivity index is 1.77. The van der Waals surface area contributed by atoms with Gasteiger partial charge in [0.05, 0.1) is 36.2 Å². The molecule has 0 saturated carbocycles. The number of nitrogens with zero attached hydrogens (tertiary/aromatic N) is 1. The number of carbonyl (C=O) groups is 2. The SMILES string of the molecule is COC(=O)c1ccc(C=C(C(=O)N(Cc2ccc(C)cc2)c2ccccc2N)c2cccs2)cc1. The van der Waals surface area contributed by atoms with Crippen molar-refractivity contribution in [3.8, 4) is 0 Å². The molecule has 3 aromatic carbocycles. The van der Waals surface area contributed by atoms with Gasteiger partial charge in [-0.1, -0.05) is 60.2 Å². The van der Waals surface area contributed by atoms with E-state index in [4.69, 9.17) is 10.5 Å². The summed E-state index contributed by atoms with van der Waals surface area (Å²) >= 11 is 1.49. The summed E-state index contributed by atoms with van der Waals surface area (Å²) in [6, 6.07) is 26.3. The molecule has 1 amide bonds. The molecule has 0 unspecified atom stereocenters. The van der Waals surface area contributed by atoms with Gasteiger partial charge in [0.15, 0.2) is 0 Å². The number of anilines is 2. The molecule has 35 heavy (non-hydrogen) atoms. The Morgan fingerprint density at radius 2 is 1.66 bits per heavy atom. The van der Waals surface area contributed by atoms with Gasteiger partial charge in [-0.3, -0.25) is 4.79 Å².